The van der Waals surface area contributed by atoms with Crippen molar-refractivity contribution in [3.8, 4) is 0 Å². The molecule has 150 valence electrons. The van der Waals surface area contributed by atoms with Crippen molar-refractivity contribution in [2.75, 3.05) is 32.8 Å². The molecule has 5 nitrogen and oxygen atoms in total. The third kappa shape index (κ3) is 8.29. The summed E-state index contributed by atoms with van der Waals surface area (Å²) in [6.07, 6.45) is 10.0. The highest BCUT2D eigenvalue weighted by atomic mass is 127. The number of guanidine groups is 1. The van der Waals surface area contributed by atoms with Crippen LogP contribution in [0.4, 0.5) is 0 Å². The number of furan rings is 1. The smallest absolute Gasteiger partial charge is 0.191 e. The fraction of sp³-hybridized carbons (Fsp3) is 0.750. The van der Waals surface area contributed by atoms with Gasteiger partial charge in [0.25, 0.3) is 0 Å². The average Bonchev–Trinajstić information content (AvgIpc) is 3.30. The Balaban J connectivity index is 0.00000338. The van der Waals surface area contributed by atoms with Gasteiger partial charge in [0, 0.05) is 39.3 Å². The van der Waals surface area contributed by atoms with Crippen LogP contribution in [0.3, 0.4) is 0 Å². The van der Waals surface area contributed by atoms with Gasteiger partial charge in [-0.25, -0.2) is 0 Å². The van der Waals surface area contributed by atoms with Crippen LogP contribution in [0.25, 0.3) is 0 Å². The van der Waals surface area contributed by atoms with Gasteiger partial charge < -0.3 is 19.8 Å². The average molecular weight is 477 g/mol. The van der Waals surface area contributed by atoms with Gasteiger partial charge in [-0.05, 0) is 50.2 Å². The predicted octanol–water partition coefficient (Wildman–Crippen LogP) is 4.37. The maximum Gasteiger partial charge on any atom is 0.191 e. The monoisotopic (exact) mass is 477 g/mol. The quantitative estimate of drug-likeness (QED) is 0.215. The van der Waals surface area contributed by atoms with Gasteiger partial charge in [-0.1, -0.05) is 19.8 Å². The van der Waals surface area contributed by atoms with E-state index < -0.39 is 0 Å². The second-order valence-electron chi connectivity index (χ2n) is 7.00. The molecular weight excluding hydrogens is 441 g/mol. The highest BCUT2D eigenvalue weighted by Crippen LogP contribution is 2.41. The Morgan fingerprint density at radius 1 is 1.23 bits per heavy atom. The van der Waals surface area contributed by atoms with Crippen molar-refractivity contribution in [2.24, 2.45) is 10.4 Å². The minimum atomic E-state index is 0. The van der Waals surface area contributed by atoms with Gasteiger partial charge in [-0.15, -0.1) is 24.0 Å². The summed E-state index contributed by atoms with van der Waals surface area (Å²) in [5, 5.41) is 6.88. The predicted molar refractivity (Wildman–Crippen MR) is 118 cm³/mol. The number of halogens is 1. The third-order valence-corrected chi connectivity index (χ3v) is 5.00. The van der Waals surface area contributed by atoms with Crippen molar-refractivity contribution in [3.05, 3.63) is 24.2 Å². The topological polar surface area (TPSA) is 58.8 Å². The summed E-state index contributed by atoms with van der Waals surface area (Å²) in [4.78, 5) is 4.92. The molecule has 0 aromatic carbocycles. The third-order valence-electron chi connectivity index (χ3n) is 5.00. The maximum atomic E-state index is 5.61. The van der Waals surface area contributed by atoms with Crippen molar-refractivity contribution in [1.82, 2.24) is 10.6 Å². The van der Waals surface area contributed by atoms with E-state index in [2.05, 4.69) is 24.5 Å². The van der Waals surface area contributed by atoms with E-state index in [0.717, 1.165) is 63.8 Å². The lowest BCUT2D eigenvalue weighted by Gasteiger charge is -2.27. The number of nitrogens with one attached hydrogen (secondary N) is 2. The zero-order valence-corrected chi connectivity index (χ0v) is 18.7. The van der Waals surface area contributed by atoms with Crippen LogP contribution in [-0.4, -0.2) is 38.8 Å². The van der Waals surface area contributed by atoms with Crippen LogP contribution in [0.1, 0.15) is 58.1 Å². The first-order valence-corrected chi connectivity index (χ1v) is 9.90. The second-order valence-corrected chi connectivity index (χ2v) is 7.00. The molecule has 1 aromatic heterocycles. The number of hydrogen-bond donors (Lipinski definition) is 2. The molecule has 2 N–H and O–H groups in total. The lowest BCUT2D eigenvalue weighted by atomic mass is 9.83. The molecule has 1 saturated carbocycles. The van der Waals surface area contributed by atoms with Gasteiger partial charge in [-0.2, -0.15) is 0 Å². The zero-order chi connectivity index (χ0) is 17.8. The summed E-state index contributed by atoms with van der Waals surface area (Å²) in [6, 6.07) is 3.95. The van der Waals surface area contributed by atoms with Crippen molar-refractivity contribution >= 4 is 29.9 Å². The molecule has 0 bridgehead atoms. The summed E-state index contributed by atoms with van der Waals surface area (Å²) < 4.78 is 11.0. The van der Waals surface area contributed by atoms with Crippen molar-refractivity contribution in [3.63, 3.8) is 0 Å². The highest BCUT2D eigenvalue weighted by molar-refractivity contribution is 14.0. The largest absolute Gasteiger partial charge is 0.469 e. The van der Waals surface area contributed by atoms with Gasteiger partial charge in [0.15, 0.2) is 5.96 Å². The van der Waals surface area contributed by atoms with E-state index in [1.807, 2.05) is 12.1 Å². The Bertz CT molecular complexity index is 485. The molecule has 0 amide bonds. The van der Waals surface area contributed by atoms with Crippen LogP contribution >= 0.6 is 24.0 Å². The highest BCUT2D eigenvalue weighted by Gasteiger charge is 2.33. The van der Waals surface area contributed by atoms with E-state index in [1.54, 1.807) is 6.26 Å². The molecule has 0 atom stereocenters. The van der Waals surface area contributed by atoms with Crippen LogP contribution in [0.15, 0.2) is 27.8 Å². The number of rotatable bonds is 11. The van der Waals surface area contributed by atoms with Crippen LogP contribution in [0, 0.1) is 5.41 Å². The first-order valence-electron chi connectivity index (χ1n) is 9.90. The van der Waals surface area contributed by atoms with Crippen molar-refractivity contribution < 1.29 is 9.15 Å². The molecule has 2 rings (SSSR count). The van der Waals surface area contributed by atoms with Gasteiger partial charge in [0.1, 0.15) is 5.76 Å². The zero-order valence-electron chi connectivity index (χ0n) is 16.4. The fourth-order valence-electron chi connectivity index (χ4n) is 3.47. The number of nitrogens with zero attached hydrogens (tertiary/aromatic N) is 1. The van der Waals surface area contributed by atoms with E-state index in [1.165, 1.54) is 25.7 Å². The SMILES string of the molecule is CCCNC(=NCC1(CCOCC)CCCC1)NCCc1ccco1.I. The van der Waals surface area contributed by atoms with Crippen LogP contribution in [0.5, 0.6) is 0 Å². The van der Waals surface area contributed by atoms with Gasteiger partial charge in [0.2, 0.25) is 0 Å². The summed E-state index contributed by atoms with van der Waals surface area (Å²) in [6.45, 7) is 8.56. The van der Waals surface area contributed by atoms with Gasteiger partial charge in [0.05, 0.1) is 6.26 Å². The van der Waals surface area contributed by atoms with Gasteiger partial charge in [-0.3, -0.25) is 4.99 Å². The van der Waals surface area contributed by atoms with E-state index >= 15 is 0 Å². The fourth-order valence-corrected chi connectivity index (χ4v) is 3.47. The minimum Gasteiger partial charge on any atom is -0.469 e. The second kappa shape index (κ2) is 13.4. The molecule has 6 heteroatoms. The Morgan fingerprint density at radius 2 is 2.00 bits per heavy atom. The van der Waals surface area contributed by atoms with Crippen molar-refractivity contribution in [1.29, 1.82) is 0 Å². The molecule has 1 fully saturated rings. The molecular formula is C20H36IN3O2. The summed E-state index contributed by atoms with van der Waals surface area (Å²) in [7, 11) is 0. The van der Waals surface area contributed by atoms with E-state index in [4.69, 9.17) is 14.1 Å². The first kappa shape index (κ1) is 23.3. The molecule has 1 aromatic rings. The lowest BCUT2D eigenvalue weighted by molar-refractivity contribution is 0.107. The summed E-state index contributed by atoms with van der Waals surface area (Å²) >= 11 is 0. The molecule has 0 unspecified atom stereocenters. The minimum absolute atomic E-state index is 0. The number of aliphatic imine (C=N–C) groups is 1. The molecule has 0 aliphatic heterocycles. The molecule has 1 aliphatic carbocycles. The lowest BCUT2D eigenvalue weighted by Crippen LogP contribution is -2.39. The van der Waals surface area contributed by atoms with Crippen molar-refractivity contribution in [2.45, 2.75) is 58.8 Å². The molecule has 1 heterocycles. The maximum absolute atomic E-state index is 5.61. The van der Waals surface area contributed by atoms with E-state index in [-0.39, 0.29) is 24.0 Å². The Kier molecular flexibility index (Phi) is 12.0. The number of ether oxygens (including phenoxy) is 1. The Hall–Kier alpha value is -0.760. The standard InChI is InChI=1S/C20H35N3O2.HI/c1-3-13-21-19(22-14-9-18-8-7-15-25-18)23-17-20(10-5-6-11-20)12-16-24-4-2;/h7-8,15H,3-6,9-14,16-17H2,1-2H3,(H2,21,22,23);1H. The molecule has 0 spiro atoms. The summed E-state index contributed by atoms with van der Waals surface area (Å²) in [5.74, 6) is 1.93. The normalized spacial score (nSPS) is 16.3. The van der Waals surface area contributed by atoms with Crippen LogP contribution < -0.4 is 10.6 Å². The van der Waals surface area contributed by atoms with Crippen LogP contribution in [0.2, 0.25) is 0 Å². The van der Waals surface area contributed by atoms with Crippen LogP contribution in [-0.2, 0) is 11.2 Å². The number of hydrogen-bond acceptors (Lipinski definition) is 3. The summed E-state index contributed by atoms with van der Waals surface area (Å²) in [5.41, 5.74) is 0.330. The van der Waals surface area contributed by atoms with E-state index in [9.17, 15) is 0 Å². The Morgan fingerprint density at radius 3 is 2.65 bits per heavy atom. The van der Waals surface area contributed by atoms with E-state index in [0.29, 0.717) is 5.41 Å². The Labute approximate surface area is 175 Å². The van der Waals surface area contributed by atoms with Gasteiger partial charge >= 0.3 is 0 Å². The molecule has 0 saturated heterocycles. The molecule has 26 heavy (non-hydrogen) atoms. The molecule has 1 aliphatic rings. The molecule has 0 radical (unpaired) electrons. The first-order chi connectivity index (χ1) is 12.3.